The summed E-state index contributed by atoms with van der Waals surface area (Å²) in [6, 6.07) is 6.08. The molecule has 0 aromatic heterocycles. The van der Waals surface area contributed by atoms with Crippen LogP contribution in [0.1, 0.15) is 32.3 Å². The minimum atomic E-state index is 0.395. The van der Waals surface area contributed by atoms with Gasteiger partial charge in [0, 0.05) is 26.2 Å². The molecular weight excluding hydrogens is 370 g/mol. The quantitative estimate of drug-likeness (QED) is 0.589. The number of benzene rings is 1. The Kier molecular flexibility index (Phi) is 7.85. The third-order valence-corrected chi connectivity index (χ3v) is 4.73. The second kappa shape index (κ2) is 9.89. The van der Waals surface area contributed by atoms with Gasteiger partial charge in [-0.15, -0.1) is 0 Å². The van der Waals surface area contributed by atoms with Crippen molar-refractivity contribution in [2.24, 2.45) is 4.99 Å². The third kappa shape index (κ3) is 5.38. The summed E-state index contributed by atoms with van der Waals surface area (Å²) in [6.45, 7) is 8.46. The molecule has 6 heteroatoms. The highest BCUT2D eigenvalue weighted by atomic mass is 79.9. The molecule has 1 fully saturated rings. The van der Waals surface area contributed by atoms with E-state index < -0.39 is 0 Å². The highest BCUT2D eigenvalue weighted by Crippen LogP contribution is 2.25. The van der Waals surface area contributed by atoms with Crippen LogP contribution in [0.15, 0.2) is 27.7 Å². The van der Waals surface area contributed by atoms with E-state index in [1.165, 1.54) is 0 Å². The molecule has 0 radical (unpaired) electrons. The van der Waals surface area contributed by atoms with Crippen LogP contribution in [0.2, 0.25) is 0 Å². The topological polar surface area (TPSA) is 46.1 Å². The summed E-state index contributed by atoms with van der Waals surface area (Å²) >= 11 is 3.53. The van der Waals surface area contributed by atoms with Gasteiger partial charge in [0.05, 0.1) is 24.2 Å². The van der Waals surface area contributed by atoms with Crippen molar-refractivity contribution in [2.45, 2.75) is 39.3 Å². The number of likely N-dealkylation sites (tertiary alicyclic amines) is 1. The van der Waals surface area contributed by atoms with Crippen LogP contribution < -0.4 is 10.1 Å². The van der Waals surface area contributed by atoms with Gasteiger partial charge in [-0.3, -0.25) is 0 Å². The molecule has 1 aliphatic rings. The second-order valence-corrected chi connectivity index (χ2v) is 6.64. The van der Waals surface area contributed by atoms with Gasteiger partial charge in [-0.1, -0.05) is 6.07 Å². The van der Waals surface area contributed by atoms with E-state index in [1.807, 2.05) is 6.07 Å². The van der Waals surface area contributed by atoms with Crippen LogP contribution in [-0.2, 0) is 11.3 Å². The molecule has 0 atom stereocenters. The molecule has 1 saturated heterocycles. The molecule has 0 amide bonds. The normalized spacial score (nSPS) is 16.3. The van der Waals surface area contributed by atoms with Gasteiger partial charge in [-0.05, 0) is 60.3 Å². The van der Waals surface area contributed by atoms with E-state index in [1.54, 1.807) is 7.11 Å². The number of piperidine rings is 1. The predicted octanol–water partition coefficient (Wildman–Crippen LogP) is 3.42. The molecule has 1 aromatic rings. The first-order valence-electron chi connectivity index (χ1n) is 8.65. The van der Waals surface area contributed by atoms with Crippen LogP contribution in [-0.4, -0.2) is 50.3 Å². The molecule has 2 rings (SSSR count). The molecule has 0 spiro atoms. The zero-order valence-electron chi connectivity index (χ0n) is 14.8. The largest absolute Gasteiger partial charge is 0.496 e. The molecule has 5 nitrogen and oxygen atoms in total. The van der Waals surface area contributed by atoms with Gasteiger partial charge in [0.15, 0.2) is 5.96 Å². The Morgan fingerprint density at radius 2 is 2.08 bits per heavy atom. The fourth-order valence-corrected chi connectivity index (χ4v) is 3.46. The molecule has 1 aromatic carbocycles. The molecule has 1 N–H and O–H groups in total. The number of methoxy groups -OCH3 is 1. The summed E-state index contributed by atoms with van der Waals surface area (Å²) in [5.74, 6) is 1.83. The van der Waals surface area contributed by atoms with Crippen LogP contribution >= 0.6 is 15.9 Å². The van der Waals surface area contributed by atoms with Gasteiger partial charge in [0.2, 0.25) is 0 Å². The Hall–Kier alpha value is -1.27. The van der Waals surface area contributed by atoms with Crippen molar-refractivity contribution in [1.82, 2.24) is 10.2 Å². The van der Waals surface area contributed by atoms with E-state index >= 15 is 0 Å². The highest BCUT2D eigenvalue weighted by Gasteiger charge is 2.21. The Morgan fingerprint density at radius 3 is 2.67 bits per heavy atom. The number of nitrogens with one attached hydrogen (secondary N) is 1. The number of halogens is 1. The number of hydrogen-bond donors (Lipinski definition) is 1. The first kappa shape index (κ1) is 19.1. The SMILES string of the molecule is CCNC(=NCc1ccc(OC)c(Br)c1)N1CCC(OCC)CC1. The van der Waals surface area contributed by atoms with Crippen LogP contribution in [0.5, 0.6) is 5.75 Å². The Balaban J connectivity index is 1.99. The Morgan fingerprint density at radius 1 is 1.33 bits per heavy atom. The lowest BCUT2D eigenvalue weighted by Crippen LogP contribution is -2.47. The summed E-state index contributed by atoms with van der Waals surface area (Å²) in [7, 11) is 1.67. The van der Waals surface area contributed by atoms with Crippen LogP contribution in [0.3, 0.4) is 0 Å². The average Bonchev–Trinajstić information content (AvgIpc) is 2.60. The first-order valence-corrected chi connectivity index (χ1v) is 9.44. The van der Waals surface area contributed by atoms with E-state index in [9.17, 15) is 0 Å². The number of nitrogens with zero attached hydrogens (tertiary/aromatic N) is 2. The van der Waals surface area contributed by atoms with Gasteiger partial charge in [0.25, 0.3) is 0 Å². The van der Waals surface area contributed by atoms with Crippen LogP contribution in [0.4, 0.5) is 0 Å². The van der Waals surface area contributed by atoms with Crippen molar-refractivity contribution in [3.05, 3.63) is 28.2 Å². The summed E-state index contributed by atoms with van der Waals surface area (Å²) < 4.78 is 12.0. The fourth-order valence-electron chi connectivity index (χ4n) is 2.87. The van der Waals surface area contributed by atoms with Crippen LogP contribution in [0.25, 0.3) is 0 Å². The zero-order valence-corrected chi connectivity index (χ0v) is 16.4. The van der Waals surface area contributed by atoms with E-state index in [0.717, 1.165) is 60.8 Å². The van der Waals surface area contributed by atoms with Gasteiger partial charge in [0.1, 0.15) is 5.75 Å². The predicted molar refractivity (Wildman–Crippen MR) is 102 cm³/mol. The maximum Gasteiger partial charge on any atom is 0.194 e. The minimum Gasteiger partial charge on any atom is -0.496 e. The fraction of sp³-hybridized carbons (Fsp3) is 0.611. The van der Waals surface area contributed by atoms with Crippen molar-refractivity contribution < 1.29 is 9.47 Å². The molecule has 0 aliphatic carbocycles. The van der Waals surface area contributed by atoms with Crippen molar-refractivity contribution >= 4 is 21.9 Å². The average molecular weight is 398 g/mol. The van der Waals surface area contributed by atoms with E-state index in [-0.39, 0.29) is 0 Å². The smallest absolute Gasteiger partial charge is 0.194 e. The Bertz CT molecular complexity index is 543. The van der Waals surface area contributed by atoms with Crippen molar-refractivity contribution in [3.63, 3.8) is 0 Å². The molecule has 134 valence electrons. The first-order chi connectivity index (χ1) is 11.7. The molecular formula is C18H28BrN3O2. The lowest BCUT2D eigenvalue weighted by atomic mass is 10.1. The number of ether oxygens (including phenoxy) is 2. The van der Waals surface area contributed by atoms with Gasteiger partial charge in [-0.2, -0.15) is 0 Å². The van der Waals surface area contributed by atoms with Crippen molar-refractivity contribution in [2.75, 3.05) is 33.4 Å². The molecule has 24 heavy (non-hydrogen) atoms. The van der Waals surface area contributed by atoms with Crippen LogP contribution in [0, 0.1) is 0 Å². The zero-order chi connectivity index (χ0) is 17.4. The molecule has 1 heterocycles. The van der Waals surface area contributed by atoms with Crippen molar-refractivity contribution in [3.8, 4) is 5.75 Å². The molecule has 0 unspecified atom stereocenters. The lowest BCUT2D eigenvalue weighted by molar-refractivity contribution is 0.0263. The van der Waals surface area contributed by atoms with Gasteiger partial charge < -0.3 is 19.7 Å². The molecule has 0 bridgehead atoms. The highest BCUT2D eigenvalue weighted by molar-refractivity contribution is 9.10. The maximum atomic E-state index is 5.73. The second-order valence-electron chi connectivity index (χ2n) is 5.78. The summed E-state index contributed by atoms with van der Waals surface area (Å²) in [6.07, 6.45) is 2.52. The standard InChI is InChI=1S/C18H28BrN3O2/c1-4-20-18(22-10-8-15(9-11-22)24-5-2)21-13-14-6-7-17(23-3)16(19)12-14/h6-7,12,15H,4-5,8-11,13H2,1-3H3,(H,20,21). The summed E-state index contributed by atoms with van der Waals surface area (Å²) in [5, 5.41) is 3.41. The van der Waals surface area contributed by atoms with Crippen molar-refractivity contribution in [1.29, 1.82) is 0 Å². The number of guanidine groups is 1. The number of rotatable bonds is 6. The molecule has 0 saturated carbocycles. The monoisotopic (exact) mass is 397 g/mol. The lowest BCUT2D eigenvalue weighted by Gasteiger charge is -2.34. The third-order valence-electron chi connectivity index (χ3n) is 4.11. The van der Waals surface area contributed by atoms with E-state index in [0.29, 0.717) is 12.6 Å². The number of aliphatic imine (C=N–C) groups is 1. The van der Waals surface area contributed by atoms with Gasteiger partial charge in [-0.25, -0.2) is 4.99 Å². The minimum absolute atomic E-state index is 0.395. The molecule has 1 aliphatic heterocycles. The Labute approximate surface area is 153 Å². The van der Waals surface area contributed by atoms with E-state index in [2.05, 4.69) is 52.1 Å². The number of hydrogen-bond acceptors (Lipinski definition) is 3. The van der Waals surface area contributed by atoms with Gasteiger partial charge >= 0.3 is 0 Å². The summed E-state index contributed by atoms with van der Waals surface area (Å²) in [5.41, 5.74) is 1.15. The van der Waals surface area contributed by atoms with E-state index in [4.69, 9.17) is 14.5 Å². The maximum absolute atomic E-state index is 5.73. The summed E-state index contributed by atoms with van der Waals surface area (Å²) in [4.78, 5) is 7.13.